The number of hydrogen-bond donors (Lipinski definition) is 1. The fourth-order valence-electron chi connectivity index (χ4n) is 2.85. The molecule has 2 aromatic rings. The summed E-state index contributed by atoms with van der Waals surface area (Å²) < 4.78 is 24.2. The van der Waals surface area contributed by atoms with Gasteiger partial charge in [-0.1, -0.05) is 5.92 Å². The van der Waals surface area contributed by atoms with Gasteiger partial charge in [0.05, 0.1) is 40.3 Å². The van der Waals surface area contributed by atoms with E-state index < -0.39 is 9.84 Å². The average molecular weight is 301 g/mol. The third-order valence-corrected chi connectivity index (χ3v) is 5.56. The lowest BCUT2D eigenvalue weighted by atomic mass is 10.0. The first-order chi connectivity index (χ1) is 9.95. The predicted molar refractivity (Wildman–Crippen MR) is 84.0 cm³/mol. The number of pyridine rings is 1. The smallest absolute Gasteiger partial charge is 0.179 e. The van der Waals surface area contributed by atoms with Crippen molar-refractivity contribution >= 4 is 32.1 Å². The zero-order valence-electron chi connectivity index (χ0n) is 11.6. The second-order valence-electron chi connectivity index (χ2n) is 5.13. The zero-order chi connectivity index (χ0) is 15.2. The summed E-state index contributed by atoms with van der Waals surface area (Å²) in [7, 11) is -1.35. The van der Waals surface area contributed by atoms with Gasteiger partial charge in [0.2, 0.25) is 0 Å². The van der Waals surface area contributed by atoms with Crippen LogP contribution in [0.15, 0.2) is 23.2 Å². The molecule has 21 heavy (non-hydrogen) atoms. The summed E-state index contributed by atoms with van der Waals surface area (Å²) in [6.45, 7) is 0.389. The minimum atomic E-state index is -3.19. The standard InChI is InChI=1S/C15H15N3O2S/c1-3-7-18(2)15-11(16)9-17-12-4-5-13-10(14(12)15)6-8-21(13,19)20/h1,4-5,9H,6-8,16H2,2H3. The Morgan fingerprint density at radius 1 is 1.48 bits per heavy atom. The van der Waals surface area contributed by atoms with Crippen molar-refractivity contribution in [3.63, 3.8) is 0 Å². The van der Waals surface area contributed by atoms with Crippen LogP contribution in [0.2, 0.25) is 0 Å². The third-order valence-electron chi connectivity index (χ3n) is 3.77. The number of nitrogens with two attached hydrogens (primary N) is 1. The van der Waals surface area contributed by atoms with Crippen molar-refractivity contribution in [2.24, 2.45) is 0 Å². The first-order valence-corrected chi connectivity index (χ1v) is 8.18. The van der Waals surface area contributed by atoms with E-state index in [1.165, 1.54) is 0 Å². The number of fused-ring (bicyclic) bond motifs is 3. The van der Waals surface area contributed by atoms with Crippen molar-refractivity contribution < 1.29 is 8.42 Å². The SMILES string of the molecule is C#CCN(C)c1c(N)cnc2ccc3c(c12)CCS3(=O)=O. The Morgan fingerprint density at radius 3 is 2.95 bits per heavy atom. The number of nitrogens with zero attached hydrogens (tertiary/aromatic N) is 2. The summed E-state index contributed by atoms with van der Waals surface area (Å²) in [5, 5.41) is 0.798. The summed E-state index contributed by atoms with van der Waals surface area (Å²) in [6.07, 6.45) is 7.44. The molecule has 0 fully saturated rings. The zero-order valence-corrected chi connectivity index (χ0v) is 12.4. The van der Waals surface area contributed by atoms with E-state index in [1.807, 2.05) is 11.9 Å². The fourth-order valence-corrected chi connectivity index (χ4v) is 4.39. The lowest BCUT2D eigenvalue weighted by molar-refractivity contribution is 0.600. The Morgan fingerprint density at radius 2 is 2.24 bits per heavy atom. The van der Waals surface area contributed by atoms with Crippen molar-refractivity contribution in [2.45, 2.75) is 11.3 Å². The van der Waals surface area contributed by atoms with E-state index >= 15 is 0 Å². The molecular formula is C15H15N3O2S. The maximum Gasteiger partial charge on any atom is 0.179 e. The van der Waals surface area contributed by atoms with Crippen molar-refractivity contribution in [3.8, 4) is 12.3 Å². The van der Waals surface area contributed by atoms with Gasteiger partial charge in [-0.3, -0.25) is 4.98 Å². The molecule has 0 unspecified atom stereocenters. The number of anilines is 2. The Kier molecular flexibility index (Phi) is 3.03. The van der Waals surface area contributed by atoms with Crippen LogP contribution in [0.25, 0.3) is 10.9 Å². The molecule has 2 N–H and O–H groups in total. The van der Waals surface area contributed by atoms with Gasteiger partial charge < -0.3 is 10.6 Å². The van der Waals surface area contributed by atoms with E-state index in [0.29, 0.717) is 23.5 Å². The first kappa shape index (κ1) is 13.7. The molecule has 0 amide bonds. The largest absolute Gasteiger partial charge is 0.396 e. The Balaban J connectivity index is 2.40. The topological polar surface area (TPSA) is 76.3 Å². The summed E-state index contributed by atoms with van der Waals surface area (Å²) in [5.74, 6) is 2.71. The highest BCUT2D eigenvalue weighted by Crippen LogP contribution is 2.39. The van der Waals surface area contributed by atoms with Gasteiger partial charge in [-0.25, -0.2) is 8.42 Å². The van der Waals surface area contributed by atoms with Crippen LogP contribution < -0.4 is 10.6 Å². The second kappa shape index (κ2) is 4.64. The number of rotatable bonds is 2. The first-order valence-electron chi connectivity index (χ1n) is 6.53. The minimum Gasteiger partial charge on any atom is -0.396 e. The summed E-state index contributed by atoms with van der Waals surface area (Å²) in [6, 6.07) is 3.36. The monoisotopic (exact) mass is 301 g/mol. The van der Waals surface area contributed by atoms with E-state index in [9.17, 15) is 8.42 Å². The number of hydrogen-bond acceptors (Lipinski definition) is 5. The Bertz CT molecular complexity index is 882. The Labute approximate surface area is 123 Å². The van der Waals surface area contributed by atoms with E-state index in [4.69, 9.17) is 12.2 Å². The minimum absolute atomic E-state index is 0.133. The lowest BCUT2D eigenvalue weighted by Crippen LogP contribution is -2.19. The maximum absolute atomic E-state index is 12.1. The van der Waals surface area contributed by atoms with Crippen LogP contribution in [0, 0.1) is 12.3 Å². The molecular weight excluding hydrogens is 286 g/mol. The molecule has 0 aliphatic carbocycles. The van der Waals surface area contributed by atoms with Crippen molar-refractivity contribution in [1.82, 2.24) is 4.98 Å². The van der Waals surface area contributed by atoms with Gasteiger partial charge in [0, 0.05) is 12.4 Å². The van der Waals surface area contributed by atoms with Crippen LogP contribution in [-0.4, -0.2) is 32.7 Å². The molecule has 0 saturated carbocycles. The van der Waals surface area contributed by atoms with Crippen LogP contribution in [0.5, 0.6) is 0 Å². The summed E-state index contributed by atoms with van der Waals surface area (Å²) in [5.41, 5.74) is 8.84. The highest BCUT2D eigenvalue weighted by atomic mass is 32.2. The molecule has 0 atom stereocenters. The van der Waals surface area contributed by atoms with Gasteiger partial charge in [-0.2, -0.15) is 0 Å². The van der Waals surface area contributed by atoms with Crippen LogP contribution in [0.1, 0.15) is 5.56 Å². The highest BCUT2D eigenvalue weighted by Gasteiger charge is 2.29. The van der Waals surface area contributed by atoms with E-state index in [0.717, 1.165) is 22.2 Å². The molecule has 0 saturated heterocycles. The van der Waals surface area contributed by atoms with Crippen LogP contribution >= 0.6 is 0 Å². The highest BCUT2D eigenvalue weighted by molar-refractivity contribution is 7.91. The van der Waals surface area contributed by atoms with Gasteiger partial charge in [0.25, 0.3) is 0 Å². The number of aromatic nitrogens is 1. The molecule has 0 bridgehead atoms. The molecule has 0 radical (unpaired) electrons. The molecule has 1 aromatic heterocycles. The van der Waals surface area contributed by atoms with Gasteiger partial charge in [-0.05, 0) is 24.1 Å². The van der Waals surface area contributed by atoms with Crippen LogP contribution in [0.3, 0.4) is 0 Å². The molecule has 2 heterocycles. The van der Waals surface area contributed by atoms with Gasteiger partial charge in [0.1, 0.15) is 0 Å². The van der Waals surface area contributed by atoms with Gasteiger partial charge >= 0.3 is 0 Å². The fraction of sp³-hybridized carbons (Fsp3) is 0.267. The molecule has 1 aliphatic heterocycles. The third kappa shape index (κ3) is 2.01. The number of benzene rings is 1. The quantitative estimate of drug-likeness (QED) is 0.844. The average Bonchev–Trinajstić information content (AvgIpc) is 2.74. The van der Waals surface area contributed by atoms with Crippen molar-refractivity contribution in [2.75, 3.05) is 30.0 Å². The van der Waals surface area contributed by atoms with E-state index in [1.54, 1.807) is 18.3 Å². The Hall–Kier alpha value is -2.26. The maximum atomic E-state index is 12.1. The number of aryl methyl sites for hydroxylation is 1. The summed E-state index contributed by atoms with van der Waals surface area (Å²) >= 11 is 0. The lowest BCUT2D eigenvalue weighted by Gasteiger charge is -2.21. The number of terminal acetylenes is 1. The van der Waals surface area contributed by atoms with E-state index in [2.05, 4.69) is 10.9 Å². The molecule has 1 aromatic carbocycles. The van der Waals surface area contributed by atoms with Crippen molar-refractivity contribution in [1.29, 1.82) is 0 Å². The van der Waals surface area contributed by atoms with Crippen molar-refractivity contribution in [3.05, 3.63) is 23.9 Å². The molecule has 6 heteroatoms. The molecule has 0 spiro atoms. The normalized spacial score (nSPS) is 15.6. The predicted octanol–water partition coefficient (Wildman–Crippen LogP) is 1.22. The molecule has 108 valence electrons. The number of sulfone groups is 1. The van der Waals surface area contributed by atoms with Gasteiger partial charge in [0.15, 0.2) is 9.84 Å². The second-order valence-corrected chi connectivity index (χ2v) is 7.21. The van der Waals surface area contributed by atoms with Gasteiger partial charge in [-0.15, -0.1) is 6.42 Å². The number of nitrogen functional groups attached to an aromatic ring is 1. The van der Waals surface area contributed by atoms with E-state index in [-0.39, 0.29) is 5.75 Å². The van der Waals surface area contributed by atoms with Crippen LogP contribution in [0.4, 0.5) is 11.4 Å². The summed E-state index contributed by atoms with van der Waals surface area (Å²) in [4.78, 5) is 6.55. The molecule has 3 rings (SSSR count). The molecule has 5 nitrogen and oxygen atoms in total. The molecule has 1 aliphatic rings. The van der Waals surface area contributed by atoms with Crippen LogP contribution in [-0.2, 0) is 16.3 Å².